The Balaban J connectivity index is 1.89. The van der Waals surface area contributed by atoms with Crippen LogP contribution in [0.1, 0.15) is 16.3 Å². The number of hydrogen-bond donors (Lipinski definition) is 2. The van der Waals surface area contributed by atoms with Gasteiger partial charge in [-0.15, -0.1) is 11.3 Å². The first kappa shape index (κ1) is 12.0. The second-order valence-corrected chi connectivity index (χ2v) is 4.84. The maximum Gasteiger partial charge on any atom is 0.127 e. The summed E-state index contributed by atoms with van der Waals surface area (Å²) in [5, 5.41) is 15.4. The molecule has 0 aliphatic carbocycles. The van der Waals surface area contributed by atoms with Crippen LogP contribution < -0.4 is 5.32 Å². The van der Waals surface area contributed by atoms with Gasteiger partial charge in [0.15, 0.2) is 0 Å². The van der Waals surface area contributed by atoms with Gasteiger partial charge in [0.05, 0.1) is 10.7 Å². The summed E-state index contributed by atoms with van der Waals surface area (Å²) in [5.41, 5.74) is 1.70. The van der Waals surface area contributed by atoms with Crippen LogP contribution in [0.15, 0.2) is 23.6 Å². The van der Waals surface area contributed by atoms with Crippen molar-refractivity contribution >= 4 is 11.3 Å². The molecule has 0 aliphatic heterocycles. The number of nitrogens with one attached hydrogen (secondary N) is 1. The van der Waals surface area contributed by atoms with E-state index in [4.69, 9.17) is 0 Å². The minimum absolute atomic E-state index is 0.0497. The van der Waals surface area contributed by atoms with Gasteiger partial charge in [-0.3, -0.25) is 0 Å². The summed E-state index contributed by atoms with van der Waals surface area (Å²) >= 11 is 1.60. The summed E-state index contributed by atoms with van der Waals surface area (Å²) in [5.74, 6) is -0.474. The van der Waals surface area contributed by atoms with E-state index in [2.05, 4.69) is 10.3 Å². The fraction of sp³-hybridized carbons (Fsp3) is 0.250. The largest absolute Gasteiger partial charge is 0.508 e. The zero-order valence-corrected chi connectivity index (χ0v) is 10.2. The van der Waals surface area contributed by atoms with Gasteiger partial charge in [0.25, 0.3) is 0 Å². The van der Waals surface area contributed by atoms with Crippen LogP contribution in [0.4, 0.5) is 4.39 Å². The van der Waals surface area contributed by atoms with Crippen LogP contribution in [0.25, 0.3) is 0 Å². The van der Waals surface area contributed by atoms with E-state index in [0.29, 0.717) is 13.1 Å². The summed E-state index contributed by atoms with van der Waals surface area (Å²) in [7, 11) is 0. The number of hydrogen-bond acceptors (Lipinski definition) is 4. The standard InChI is InChI=1S/C12H13FN2OS/c1-8-15-11(7-17-8)6-14-5-9-2-10(13)4-12(16)3-9/h2-4,7,14,16H,5-6H2,1H3. The lowest BCUT2D eigenvalue weighted by Gasteiger charge is -2.04. The number of benzene rings is 1. The van der Waals surface area contributed by atoms with E-state index in [1.807, 2.05) is 12.3 Å². The van der Waals surface area contributed by atoms with Gasteiger partial charge in [0, 0.05) is 24.5 Å². The monoisotopic (exact) mass is 252 g/mol. The molecule has 0 saturated carbocycles. The number of aryl methyl sites for hydroxylation is 1. The highest BCUT2D eigenvalue weighted by Gasteiger charge is 2.01. The first-order chi connectivity index (χ1) is 8.13. The maximum atomic E-state index is 13.0. The number of rotatable bonds is 4. The third-order valence-corrected chi connectivity index (χ3v) is 3.07. The molecular formula is C12H13FN2OS. The lowest BCUT2D eigenvalue weighted by atomic mass is 10.2. The second kappa shape index (κ2) is 5.25. The Kier molecular flexibility index (Phi) is 3.71. The van der Waals surface area contributed by atoms with Crippen LogP contribution in [-0.2, 0) is 13.1 Å². The molecule has 90 valence electrons. The predicted octanol–water partition coefficient (Wildman–Crippen LogP) is 2.59. The van der Waals surface area contributed by atoms with E-state index in [-0.39, 0.29) is 5.75 Å². The van der Waals surface area contributed by atoms with Crippen LogP contribution in [0.2, 0.25) is 0 Å². The van der Waals surface area contributed by atoms with Crippen molar-refractivity contribution in [3.8, 4) is 5.75 Å². The van der Waals surface area contributed by atoms with E-state index in [9.17, 15) is 9.50 Å². The van der Waals surface area contributed by atoms with Crippen LogP contribution in [0.3, 0.4) is 0 Å². The molecule has 0 atom stereocenters. The lowest BCUT2D eigenvalue weighted by molar-refractivity contribution is 0.467. The molecule has 1 aromatic carbocycles. The first-order valence-corrected chi connectivity index (χ1v) is 6.11. The Hall–Kier alpha value is -1.46. The highest BCUT2D eigenvalue weighted by Crippen LogP contribution is 2.14. The highest BCUT2D eigenvalue weighted by atomic mass is 32.1. The molecule has 1 heterocycles. The number of nitrogens with zero attached hydrogens (tertiary/aromatic N) is 1. The molecular weight excluding hydrogens is 239 g/mol. The van der Waals surface area contributed by atoms with E-state index in [1.54, 1.807) is 17.4 Å². The van der Waals surface area contributed by atoms with Gasteiger partial charge in [-0.2, -0.15) is 0 Å². The predicted molar refractivity (Wildman–Crippen MR) is 65.5 cm³/mol. The average molecular weight is 252 g/mol. The molecule has 0 unspecified atom stereocenters. The molecule has 1 aromatic heterocycles. The van der Waals surface area contributed by atoms with Gasteiger partial charge < -0.3 is 10.4 Å². The molecule has 2 rings (SSSR count). The summed E-state index contributed by atoms with van der Waals surface area (Å²) in [6, 6.07) is 4.04. The number of aromatic nitrogens is 1. The van der Waals surface area contributed by atoms with Crippen molar-refractivity contribution in [2.24, 2.45) is 0 Å². The Morgan fingerprint density at radius 2 is 2.18 bits per heavy atom. The lowest BCUT2D eigenvalue weighted by Crippen LogP contribution is -2.13. The zero-order chi connectivity index (χ0) is 12.3. The van der Waals surface area contributed by atoms with Gasteiger partial charge in [-0.05, 0) is 24.6 Å². The third-order valence-electron chi connectivity index (χ3n) is 2.24. The Morgan fingerprint density at radius 1 is 1.35 bits per heavy atom. The molecule has 2 aromatic rings. The minimum atomic E-state index is -0.425. The number of thiazole rings is 1. The van der Waals surface area contributed by atoms with E-state index in [1.165, 1.54) is 6.07 Å². The highest BCUT2D eigenvalue weighted by molar-refractivity contribution is 7.09. The summed E-state index contributed by atoms with van der Waals surface area (Å²) in [6.45, 7) is 3.10. The normalized spacial score (nSPS) is 10.7. The van der Waals surface area contributed by atoms with Crippen molar-refractivity contribution in [3.05, 3.63) is 45.7 Å². The molecule has 3 nitrogen and oxygen atoms in total. The molecule has 0 aliphatic rings. The first-order valence-electron chi connectivity index (χ1n) is 5.23. The second-order valence-electron chi connectivity index (χ2n) is 3.78. The van der Waals surface area contributed by atoms with Crippen LogP contribution in [0.5, 0.6) is 5.75 Å². The molecule has 0 amide bonds. The smallest absolute Gasteiger partial charge is 0.127 e. The fourth-order valence-corrected chi connectivity index (χ4v) is 2.17. The zero-order valence-electron chi connectivity index (χ0n) is 9.40. The fourth-order valence-electron chi connectivity index (χ4n) is 1.56. The molecule has 5 heteroatoms. The van der Waals surface area contributed by atoms with E-state index >= 15 is 0 Å². The maximum absolute atomic E-state index is 13.0. The third kappa shape index (κ3) is 3.51. The topological polar surface area (TPSA) is 45.2 Å². The molecule has 0 spiro atoms. The quantitative estimate of drug-likeness (QED) is 0.879. The Labute approximate surface area is 103 Å². The molecule has 0 fully saturated rings. The molecule has 0 radical (unpaired) electrons. The Bertz CT molecular complexity index is 493. The summed E-state index contributed by atoms with van der Waals surface area (Å²) in [6.07, 6.45) is 0. The van der Waals surface area contributed by atoms with Crippen LogP contribution in [0, 0.1) is 12.7 Å². The summed E-state index contributed by atoms with van der Waals surface area (Å²) in [4.78, 5) is 4.31. The van der Waals surface area contributed by atoms with Crippen molar-refractivity contribution in [2.45, 2.75) is 20.0 Å². The Morgan fingerprint density at radius 3 is 2.82 bits per heavy atom. The van der Waals surface area contributed by atoms with Crippen molar-refractivity contribution < 1.29 is 9.50 Å². The SMILES string of the molecule is Cc1nc(CNCc2cc(O)cc(F)c2)cs1. The van der Waals surface area contributed by atoms with Gasteiger partial charge in [-0.1, -0.05) is 0 Å². The van der Waals surface area contributed by atoms with Gasteiger partial charge in [-0.25, -0.2) is 9.37 Å². The summed E-state index contributed by atoms with van der Waals surface area (Å²) < 4.78 is 13.0. The van der Waals surface area contributed by atoms with Crippen LogP contribution in [-0.4, -0.2) is 10.1 Å². The average Bonchev–Trinajstić information content (AvgIpc) is 2.63. The number of phenolic OH excluding ortho intramolecular Hbond substituents is 1. The van der Waals surface area contributed by atoms with Crippen molar-refractivity contribution in [2.75, 3.05) is 0 Å². The molecule has 17 heavy (non-hydrogen) atoms. The van der Waals surface area contributed by atoms with Gasteiger partial charge in [0.1, 0.15) is 11.6 Å². The minimum Gasteiger partial charge on any atom is -0.508 e. The molecule has 0 bridgehead atoms. The number of halogens is 1. The molecule has 2 N–H and O–H groups in total. The number of phenols is 1. The van der Waals surface area contributed by atoms with Crippen molar-refractivity contribution in [1.29, 1.82) is 0 Å². The van der Waals surface area contributed by atoms with Gasteiger partial charge in [0.2, 0.25) is 0 Å². The van der Waals surface area contributed by atoms with E-state index in [0.717, 1.165) is 22.3 Å². The van der Waals surface area contributed by atoms with Crippen LogP contribution >= 0.6 is 11.3 Å². The van der Waals surface area contributed by atoms with Crippen molar-refractivity contribution in [1.82, 2.24) is 10.3 Å². The van der Waals surface area contributed by atoms with E-state index < -0.39 is 5.82 Å². The molecule has 0 saturated heterocycles. The van der Waals surface area contributed by atoms with Gasteiger partial charge >= 0.3 is 0 Å². The van der Waals surface area contributed by atoms with Crippen molar-refractivity contribution in [3.63, 3.8) is 0 Å². The number of aromatic hydroxyl groups is 1.